The summed E-state index contributed by atoms with van der Waals surface area (Å²) in [5.74, 6) is -2.67. The Balaban J connectivity index is 3.09. The van der Waals surface area contributed by atoms with E-state index in [4.69, 9.17) is 0 Å². The average molecular weight is 265 g/mol. The number of aromatic nitrogens is 1. The van der Waals surface area contributed by atoms with E-state index in [1.54, 1.807) is 13.8 Å². The average Bonchev–Trinajstić information content (AvgIpc) is 2.33. The van der Waals surface area contributed by atoms with E-state index < -0.39 is 28.4 Å². The van der Waals surface area contributed by atoms with Crippen molar-refractivity contribution in [1.82, 2.24) is 4.57 Å². The third kappa shape index (κ3) is 1.95. The zero-order chi connectivity index (χ0) is 14.3. The fourth-order valence-electron chi connectivity index (χ4n) is 2.20. The van der Waals surface area contributed by atoms with Crippen molar-refractivity contribution in [1.29, 1.82) is 0 Å². The molecule has 0 aliphatic heterocycles. The van der Waals surface area contributed by atoms with Crippen molar-refractivity contribution < 1.29 is 13.6 Å². The molecule has 0 radical (unpaired) electrons. The lowest BCUT2D eigenvalue weighted by Crippen LogP contribution is -2.15. The number of benzene rings is 1. The summed E-state index contributed by atoms with van der Waals surface area (Å²) in [6.07, 6.45) is 1.51. The standard InChI is InChI=1S/C14H13F2NO2/c1-4-17-6-7(2)14(19)9-5-10(15)11(8(3)18)12(16)13(9)17/h5-6H,4H2,1-3H3. The summed E-state index contributed by atoms with van der Waals surface area (Å²) in [6.45, 7) is 4.87. The maximum atomic E-state index is 14.3. The number of fused-ring (bicyclic) bond motifs is 1. The molecule has 1 aromatic carbocycles. The van der Waals surface area contributed by atoms with Crippen LogP contribution < -0.4 is 5.43 Å². The van der Waals surface area contributed by atoms with Crippen molar-refractivity contribution in [2.75, 3.05) is 0 Å². The lowest BCUT2D eigenvalue weighted by Gasteiger charge is -2.13. The Labute approximate surface area is 108 Å². The van der Waals surface area contributed by atoms with E-state index in [1.807, 2.05) is 0 Å². The van der Waals surface area contributed by atoms with Crippen LogP contribution in [0.15, 0.2) is 17.1 Å². The lowest BCUT2D eigenvalue weighted by molar-refractivity contribution is 0.101. The molecule has 0 bridgehead atoms. The predicted octanol–water partition coefficient (Wildman–Crippen LogP) is 2.81. The summed E-state index contributed by atoms with van der Waals surface area (Å²) in [7, 11) is 0. The van der Waals surface area contributed by atoms with Gasteiger partial charge in [0.2, 0.25) is 0 Å². The van der Waals surface area contributed by atoms with Crippen LogP contribution in [0.25, 0.3) is 10.9 Å². The molecular formula is C14H13F2NO2. The number of pyridine rings is 1. The van der Waals surface area contributed by atoms with Crippen molar-refractivity contribution in [2.45, 2.75) is 27.3 Å². The molecule has 1 aromatic heterocycles. The molecule has 100 valence electrons. The molecule has 3 nitrogen and oxygen atoms in total. The number of halogens is 2. The van der Waals surface area contributed by atoms with Gasteiger partial charge in [-0.1, -0.05) is 0 Å². The van der Waals surface area contributed by atoms with Crippen molar-refractivity contribution in [3.8, 4) is 0 Å². The second-order valence-corrected chi connectivity index (χ2v) is 4.43. The number of carbonyl (C=O) groups excluding carboxylic acids is 1. The molecule has 0 unspecified atom stereocenters. The molecule has 0 aliphatic carbocycles. The number of ketones is 1. The highest BCUT2D eigenvalue weighted by molar-refractivity contribution is 5.98. The van der Waals surface area contributed by atoms with Crippen LogP contribution in [0.4, 0.5) is 8.78 Å². The van der Waals surface area contributed by atoms with Crippen LogP contribution in [-0.2, 0) is 6.54 Å². The van der Waals surface area contributed by atoms with Gasteiger partial charge >= 0.3 is 0 Å². The topological polar surface area (TPSA) is 39.1 Å². The first-order chi connectivity index (χ1) is 8.88. The van der Waals surface area contributed by atoms with E-state index in [0.717, 1.165) is 13.0 Å². The van der Waals surface area contributed by atoms with E-state index in [1.165, 1.54) is 10.8 Å². The molecular weight excluding hydrogens is 252 g/mol. The van der Waals surface area contributed by atoms with Crippen LogP contribution >= 0.6 is 0 Å². The van der Waals surface area contributed by atoms with Gasteiger partial charge in [-0.3, -0.25) is 9.59 Å². The smallest absolute Gasteiger partial charge is 0.192 e. The molecule has 0 N–H and O–H groups in total. The van der Waals surface area contributed by atoms with Crippen LogP contribution in [-0.4, -0.2) is 10.4 Å². The van der Waals surface area contributed by atoms with Gasteiger partial charge in [0, 0.05) is 18.3 Å². The molecule has 0 saturated carbocycles. The maximum absolute atomic E-state index is 14.3. The molecule has 0 atom stereocenters. The minimum atomic E-state index is -0.997. The van der Waals surface area contributed by atoms with Crippen molar-refractivity contribution in [3.63, 3.8) is 0 Å². The molecule has 5 heteroatoms. The summed E-state index contributed by atoms with van der Waals surface area (Å²) < 4.78 is 29.6. The highest BCUT2D eigenvalue weighted by atomic mass is 19.1. The molecule has 0 saturated heterocycles. The Kier molecular flexibility index (Phi) is 3.22. The van der Waals surface area contributed by atoms with Crippen LogP contribution in [0.5, 0.6) is 0 Å². The fourth-order valence-corrected chi connectivity index (χ4v) is 2.20. The number of rotatable bonds is 2. The molecule has 0 fully saturated rings. The Morgan fingerprint density at radius 2 is 2.00 bits per heavy atom. The summed E-state index contributed by atoms with van der Waals surface area (Å²) >= 11 is 0. The van der Waals surface area contributed by atoms with Gasteiger partial charge in [-0.25, -0.2) is 8.78 Å². The molecule has 1 heterocycles. The summed E-state index contributed by atoms with van der Waals surface area (Å²) in [5, 5.41) is -0.0400. The molecule has 2 aromatic rings. The van der Waals surface area contributed by atoms with Gasteiger partial charge < -0.3 is 4.57 Å². The van der Waals surface area contributed by atoms with E-state index in [0.29, 0.717) is 12.1 Å². The molecule has 2 rings (SSSR count). The third-order valence-corrected chi connectivity index (χ3v) is 3.12. The fraction of sp³-hybridized carbons (Fsp3) is 0.286. The quantitative estimate of drug-likeness (QED) is 0.783. The van der Waals surface area contributed by atoms with Gasteiger partial charge in [-0.2, -0.15) is 0 Å². The summed E-state index contributed by atoms with van der Waals surface area (Å²) in [5.41, 5.74) is -0.640. The van der Waals surface area contributed by atoms with Gasteiger partial charge in [-0.05, 0) is 26.8 Å². The Morgan fingerprint density at radius 3 is 2.53 bits per heavy atom. The Bertz CT molecular complexity index is 747. The minimum Gasteiger partial charge on any atom is -0.345 e. The first-order valence-corrected chi connectivity index (χ1v) is 5.91. The number of hydrogen-bond acceptors (Lipinski definition) is 2. The SMILES string of the molecule is CCn1cc(C)c(=O)c2cc(F)c(C(C)=O)c(F)c21. The first kappa shape index (κ1) is 13.4. The van der Waals surface area contributed by atoms with Crippen LogP contribution in [0.3, 0.4) is 0 Å². The highest BCUT2D eigenvalue weighted by Crippen LogP contribution is 2.23. The molecule has 0 spiro atoms. The zero-order valence-electron chi connectivity index (χ0n) is 10.9. The normalized spacial score (nSPS) is 11.0. The first-order valence-electron chi connectivity index (χ1n) is 5.91. The van der Waals surface area contributed by atoms with Crippen LogP contribution in [0.1, 0.15) is 29.8 Å². The van der Waals surface area contributed by atoms with Crippen LogP contribution in [0.2, 0.25) is 0 Å². The van der Waals surface area contributed by atoms with E-state index in [9.17, 15) is 18.4 Å². The van der Waals surface area contributed by atoms with Gasteiger partial charge in [-0.15, -0.1) is 0 Å². The van der Waals surface area contributed by atoms with E-state index in [-0.39, 0.29) is 10.9 Å². The highest BCUT2D eigenvalue weighted by Gasteiger charge is 2.21. The molecule has 0 amide bonds. The molecule has 0 aliphatic rings. The largest absolute Gasteiger partial charge is 0.345 e. The number of carbonyl (C=O) groups is 1. The second-order valence-electron chi connectivity index (χ2n) is 4.43. The number of hydrogen-bond donors (Lipinski definition) is 0. The monoisotopic (exact) mass is 265 g/mol. The maximum Gasteiger partial charge on any atom is 0.192 e. The summed E-state index contributed by atoms with van der Waals surface area (Å²) in [6, 6.07) is 0.941. The number of aryl methyl sites for hydroxylation is 2. The minimum absolute atomic E-state index is 0.0234. The second kappa shape index (κ2) is 4.57. The van der Waals surface area contributed by atoms with Gasteiger partial charge in [0.15, 0.2) is 17.0 Å². The van der Waals surface area contributed by atoms with Gasteiger partial charge in [0.05, 0.1) is 16.5 Å². The van der Waals surface area contributed by atoms with Crippen molar-refractivity contribution in [3.05, 3.63) is 45.2 Å². The Hall–Kier alpha value is -2.04. The lowest BCUT2D eigenvalue weighted by atomic mass is 10.0. The third-order valence-electron chi connectivity index (χ3n) is 3.12. The zero-order valence-corrected chi connectivity index (χ0v) is 10.9. The van der Waals surface area contributed by atoms with E-state index >= 15 is 0 Å². The van der Waals surface area contributed by atoms with Crippen molar-refractivity contribution >= 4 is 16.7 Å². The number of Topliss-reactive ketones (excluding diaryl/α,β-unsaturated/α-hetero) is 1. The van der Waals surface area contributed by atoms with Crippen molar-refractivity contribution in [2.24, 2.45) is 0 Å². The predicted molar refractivity (Wildman–Crippen MR) is 68.5 cm³/mol. The van der Waals surface area contributed by atoms with Gasteiger partial charge in [0.25, 0.3) is 0 Å². The van der Waals surface area contributed by atoms with E-state index in [2.05, 4.69) is 0 Å². The molecule has 19 heavy (non-hydrogen) atoms. The van der Waals surface area contributed by atoms with Gasteiger partial charge in [0.1, 0.15) is 5.82 Å². The summed E-state index contributed by atoms with van der Waals surface area (Å²) in [4.78, 5) is 23.3. The van der Waals surface area contributed by atoms with Crippen LogP contribution in [0, 0.1) is 18.6 Å². The Morgan fingerprint density at radius 1 is 1.37 bits per heavy atom. The number of nitrogens with zero attached hydrogens (tertiary/aromatic N) is 1.